The molecule has 8 nitrogen and oxygen atoms in total. The number of aliphatic hydroxyl groups excluding tert-OH is 1. The molecule has 1 aromatic rings. The topological polar surface area (TPSA) is 128 Å². The molecule has 0 aromatic heterocycles. The summed E-state index contributed by atoms with van der Waals surface area (Å²) in [6.07, 6.45) is -2.72. The Morgan fingerprint density at radius 3 is 2.84 bits per heavy atom. The minimum absolute atomic E-state index is 0.348. The molecule has 1 rings (SSSR count). The molecule has 1 aromatic carbocycles. The van der Waals surface area contributed by atoms with Gasteiger partial charge in [-0.25, -0.2) is 0 Å². The lowest BCUT2D eigenvalue weighted by Crippen LogP contribution is -2.33. The van der Waals surface area contributed by atoms with Crippen molar-refractivity contribution in [2.45, 2.75) is 25.8 Å². The number of carbonyl (C=O) groups is 1. The molecule has 8 heteroatoms. The molecule has 0 aliphatic rings. The third kappa shape index (κ3) is 5.21. The Morgan fingerprint density at radius 2 is 2.32 bits per heavy atom. The molecular weight excluding hydrogens is 254 g/mol. The predicted molar refractivity (Wildman–Crippen MR) is 67.0 cm³/mol. The van der Waals surface area contributed by atoms with Gasteiger partial charge in [0.05, 0.1) is 0 Å². The molecule has 4 N–H and O–H groups in total. The molecule has 19 heavy (non-hydrogen) atoms. The maximum Gasteiger partial charge on any atom is 0.293 e. The van der Waals surface area contributed by atoms with Crippen LogP contribution < -0.4 is 15.8 Å². The standard InChI is InChI=1S/C11H15N3O5/c1-7(15)19-9-4-2-3-8(5-9)13-11(14(17)18)6-10(12)16/h2-5,7,11,13,15H,6H2,1H3,(H2,12,16). The van der Waals surface area contributed by atoms with Crippen molar-refractivity contribution in [2.24, 2.45) is 5.73 Å². The molecule has 0 radical (unpaired) electrons. The molecule has 0 bridgehead atoms. The molecule has 0 aliphatic carbocycles. The number of nitro groups is 1. The highest BCUT2D eigenvalue weighted by Crippen LogP contribution is 2.19. The summed E-state index contributed by atoms with van der Waals surface area (Å²) in [6, 6.07) is 6.24. The number of hydrogen-bond donors (Lipinski definition) is 3. The van der Waals surface area contributed by atoms with E-state index in [-0.39, 0.29) is 0 Å². The van der Waals surface area contributed by atoms with Crippen LogP contribution in [0, 0.1) is 10.1 Å². The van der Waals surface area contributed by atoms with Crippen molar-refractivity contribution < 1.29 is 19.6 Å². The van der Waals surface area contributed by atoms with Crippen LogP contribution in [0.4, 0.5) is 5.69 Å². The van der Waals surface area contributed by atoms with Gasteiger partial charge in [0.1, 0.15) is 12.2 Å². The fraction of sp³-hybridized carbons (Fsp3) is 0.364. The Balaban J connectivity index is 2.78. The first kappa shape index (κ1) is 14.7. The van der Waals surface area contributed by atoms with Gasteiger partial charge < -0.3 is 20.9 Å². The number of carbonyl (C=O) groups excluding carboxylic acids is 1. The number of nitrogens with one attached hydrogen (secondary N) is 1. The lowest BCUT2D eigenvalue weighted by atomic mass is 10.2. The fourth-order valence-electron chi connectivity index (χ4n) is 1.42. The van der Waals surface area contributed by atoms with E-state index in [1.807, 2.05) is 0 Å². The minimum Gasteiger partial charge on any atom is -0.465 e. The number of benzene rings is 1. The van der Waals surface area contributed by atoms with Gasteiger partial charge in [-0.2, -0.15) is 0 Å². The Morgan fingerprint density at radius 1 is 1.63 bits per heavy atom. The SMILES string of the molecule is CC(O)Oc1cccc(NC(CC(N)=O)[N+](=O)[O-])c1. The van der Waals surface area contributed by atoms with Gasteiger partial charge >= 0.3 is 0 Å². The predicted octanol–water partition coefficient (Wildman–Crippen LogP) is 0.294. The van der Waals surface area contributed by atoms with E-state index in [0.717, 1.165) is 0 Å². The van der Waals surface area contributed by atoms with Gasteiger partial charge in [0.25, 0.3) is 6.17 Å². The number of anilines is 1. The quantitative estimate of drug-likeness (QED) is 0.371. The third-order valence-corrected chi connectivity index (χ3v) is 2.12. The van der Waals surface area contributed by atoms with Crippen molar-refractivity contribution in [3.63, 3.8) is 0 Å². The van der Waals surface area contributed by atoms with E-state index in [9.17, 15) is 14.9 Å². The molecule has 0 heterocycles. The number of rotatable bonds is 7. The van der Waals surface area contributed by atoms with Gasteiger partial charge in [-0.05, 0) is 19.1 Å². The maximum absolute atomic E-state index is 10.8. The van der Waals surface area contributed by atoms with Crippen LogP contribution in [0.15, 0.2) is 24.3 Å². The third-order valence-electron chi connectivity index (χ3n) is 2.12. The summed E-state index contributed by atoms with van der Waals surface area (Å²) in [5, 5.41) is 22.4. The normalized spacial score (nSPS) is 13.4. The molecular formula is C11H15N3O5. The highest BCUT2D eigenvalue weighted by molar-refractivity contribution is 5.74. The van der Waals surface area contributed by atoms with Crippen LogP contribution in [0.25, 0.3) is 0 Å². The van der Waals surface area contributed by atoms with Crippen LogP contribution in [0.3, 0.4) is 0 Å². The van der Waals surface area contributed by atoms with Crippen molar-refractivity contribution >= 4 is 11.6 Å². The zero-order valence-corrected chi connectivity index (χ0v) is 10.3. The van der Waals surface area contributed by atoms with Crippen molar-refractivity contribution in [1.82, 2.24) is 0 Å². The molecule has 0 spiro atoms. The highest BCUT2D eigenvalue weighted by atomic mass is 16.6. The van der Waals surface area contributed by atoms with Gasteiger partial charge in [-0.15, -0.1) is 0 Å². The van der Waals surface area contributed by atoms with Crippen molar-refractivity contribution in [3.8, 4) is 5.75 Å². The Labute approximate surface area is 109 Å². The van der Waals surface area contributed by atoms with Crippen LogP contribution >= 0.6 is 0 Å². The lowest BCUT2D eigenvalue weighted by Gasteiger charge is -2.13. The molecule has 0 fully saturated rings. The van der Waals surface area contributed by atoms with E-state index in [1.54, 1.807) is 18.2 Å². The summed E-state index contributed by atoms with van der Waals surface area (Å²) < 4.78 is 5.03. The molecule has 0 saturated carbocycles. The monoisotopic (exact) mass is 269 g/mol. The zero-order chi connectivity index (χ0) is 14.4. The molecule has 2 atom stereocenters. The number of primary amides is 1. The van der Waals surface area contributed by atoms with Crippen LogP contribution in [-0.2, 0) is 4.79 Å². The Hall–Kier alpha value is -2.35. The minimum atomic E-state index is -1.31. The number of amides is 1. The second kappa shape index (κ2) is 6.55. The van der Waals surface area contributed by atoms with Gasteiger partial charge in [-0.3, -0.25) is 14.9 Å². The van der Waals surface area contributed by atoms with E-state index in [0.29, 0.717) is 11.4 Å². The summed E-state index contributed by atoms with van der Waals surface area (Å²) in [6.45, 7) is 1.44. The first-order valence-electron chi connectivity index (χ1n) is 5.51. The summed E-state index contributed by atoms with van der Waals surface area (Å²) in [5.41, 5.74) is 5.33. The van der Waals surface area contributed by atoms with Gasteiger partial charge in [-0.1, -0.05) is 6.07 Å². The smallest absolute Gasteiger partial charge is 0.293 e. The van der Waals surface area contributed by atoms with Gasteiger partial charge in [0.2, 0.25) is 5.91 Å². The number of aliphatic hydroxyl groups is 1. The summed E-state index contributed by atoms with van der Waals surface area (Å²) in [4.78, 5) is 20.9. The van der Waals surface area contributed by atoms with Gasteiger partial charge in [0, 0.05) is 16.7 Å². The molecule has 104 valence electrons. The Kier molecular flexibility index (Phi) is 5.07. The van der Waals surface area contributed by atoms with E-state index in [2.05, 4.69) is 5.32 Å². The maximum atomic E-state index is 10.8. The number of ether oxygens (including phenoxy) is 1. The number of hydrogen-bond acceptors (Lipinski definition) is 6. The summed E-state index contributed by atoms with van der Waals surface area (Å²) in [5.74, 6) is -0.424. The Bertz CT molecular complexity index is 463. The summed E-state index contributed by atoms with van der Waals surface area (Å²) in [7, 11) is 0. The largest absolute Gasteiger partial charge is 0.465 e. The van der Waals surface area contributed by atoms with Crippen LogP contribution in [0.2, 0.25) is 0 Å². The van der Waals surface area contributed by atoms with E-state index in [1.165, 1.54) is 13.0 Å². The summed E-state index contributed by atoms with van der Waals surface area (Å²) >= 11 is 0. The molecule has 1 amide bonds. The van der Waals surface area contributed by atoms with Crippen LogP contribution in [0.5, 0.6) is 5.75 Å². The van der Waals surface area contributed by atoms with E-state index < -0.39 is 29.7 Å². The zero-order valence-electron chi connectivity index (χ0n) is 10.3. The fourth-order valence-corrected chi connectivity index (χ4v) is 1.42. The average molecular weight is 269 g/mol. The first-order chi connectivity index (χ1) is 8.88. The molecule has 2 unspecified atom stereocenters. The van der Waals surface area contributed by atoms with Crippen LogP contribution in [0.1, 0.15) is 13.3 Å². The van der Waals surface area contributed by atoms with E-state index >= 15 is 0 Å². The van der Waals surface area contributed by atoms with Gasteiger partial charge in [0.15, 0.2) is 6.29 Å². The van der Waals surface area contributed by atoms with Crippen molar-refractivity contribution in [1.29, 1.82) is 0 Å². The van der Waals surface area contributed by atoms with Crippen molar-refractivity contribution in [2.75, 3.05) is 5.32 Å². The average Bonchev–Trinajstić information content (AvgIpc) is 2.26. The number of nitrogens with two attached hydrogens (primary N) is 1. The lowest BCUT2D eigenvalue weighted by molar-refractivity contribution is -0.513. The second-order valence-corrected chi connectivity index (χ2v) is 3.86. The van der Waals surface area contributed by atoms with E-state index in [4.69, 9.17) is 15.6 Å². The molecule has 0 aliphatic heterocycles. The second-order valence-electron chi connectivity index (χ2n) is 3.86. The first-order valence-corrected chi connectivity index (χ1v) is 5.51. The molecule has 0 saturated heterocycles. The van der Waals surface area contributed by atoms with Crippen molar-refractivity contribution in [3.05, 3.63) is 34.4 Å². The highest BCUT2D eigenvalue weighted by Gasteiger charge is 2.22. The number of nitrogens with zero attached hydrogens (tertiary/aromatic N) is 1. The van der Waals surface area contributed by atoms with Crippen LogP contribution in [-0.4, -0.2) is 28.4 Å².